The molecule has 3 rings (SSSR count). The molecule has 0 spiro atoms. The molecule has 3 N–H and O–H groups in total. The average molecular weight is 266 g/mol. The molecule has 0 aliphatic heterocycles. The van der Waals surface area contributed by atoms with Crippen LogP contribution in [0.5, 0.6) is 0 Å². The van der Waals surface area contributed by atoms with Gasteiger partial charge in [0.15, 0.2) is 0 Å². The summed E-state index contributed by atoms with van der Waals surface area (Å²) in [7, 11) is 0. The van der Waals surface area contributed by atoms with Gasteiger partial charge in [-0.3, -0.25) is 0 Å². The Balaban J connectivity index is 2.03. The zero-order valence-corrected chi connectivity index (χ0v) is 12.2. The van der Waals surface area contributed by atoms with E-state index in [4.69, 9.17) is 5.73 Å². The van der Waals surface area contributed by atoms with Gasteiger partial charge in [-0.05, 0) is 36.1 Å². The van der Waals surface area contributed by atoms with Gasteiger partial charge in [0.1, 0.15) is 0 Å². The first kappa shape index (κ1) is 13.2. The Kier molecular flexibility index (Phi) is 3.49. The van der Waals surface area contributed by atoms with E-state index in [1.165, 1.54) is 33.8 Å². The molecule has 0 saturated carbocycles. The number of hydrogen-bond donors (Lipinski definition) is 2. The number of benzene rings is 2. The molecule has 2 nitrogen and oxygen atoms in total. The van der Waals surface area contributed by atoms with Crippen LogP contribution in [-0.4, -0.2) is 4.98 Å². The minimum atomic E-state index is 0.128. The highest BCUT2D eigenvalue weighted by atomic mass is 14.7. The van der Waals surface area contributed by atoms with Crippen LogP contribution < -0.4 is 5.73 Å². The van der Waals surface area contributed by atoms with Gasteiger partial charge in [-0.25, -0.2) is 0 Å². The van der Waals surface area contributed by atoms with Crippen molar-refractivity contribution in [2.45, 2.75) is 32.7 Å². The summed E-state index contributed by atoms with van der Waals surface area (Å²) in [5, 5.41) is 2.55. The number of nitrogens with one attached hydrogen (secondary N) is 1. The molecular formula is C18H22N2. The third kappa shape index (κ3) is 2.32. The number of hydrogen-bond acceptors (Lipinski definition) is 1. The van der Waals surface area contributed by atoms with Crippen LogP contribution in [0.1, 0.15) is 38.3 Å². The second kappa shape index (κ2) is 5.29. The van der Waals surface area contributed by atoms with E-state index in [0.29, 0.717) is 5.92 Å². The lowest BCUT2D eigenvalue weighted by atomic mass is 9.94. The lowest BCUT2D eigenvalue weighted by molar-refractivity contribution is 0.461. The van der Waals surface area contributed by atoms with Crippen molar-refractivity contribution >= 4 is 21.8 Å². The van der Waals surface area contributed by atoms with Crippen molar-refractivity contribution in [2.75, 3.05) is 0 Å². The number of H-pyrrole nitrogens is 1. The zero-order chi connectivity index (χ0) is 14.1. The predicted octanol–water partition coefficient (Wildman–Crippen LogP) is 4.76. The lowest BCUT2D eigenvalue weighted by Gasteiger charge is -2.16. The molecule has 1 aromatic heterocycles. The van der Waals surface area contributed by atoms with Crippen LogP contribution in [0.4, 0.5) is 0 Å². The number of para-hydroxylation sites is 1. The Labute approximate surface area is 120 Å². The zero-order valence-electron chi connectivity index (χ0n) is 12.2. The first-order valence-electron chi connectivity index (χ1n) is 7.45. The van der Waals surface area contributed by atoms with E-state index in [9.17, 15) is 0 Å². The van der Waals surface area contributed by atoms with Crippen LogP contribution in [0.15, 0.2) is 42.5 Å². The maximum absolute atomic E-state index is 6.37. The number of nitrogens with two attached hydrogens (primary N) is 1. The standard InChI is InChI=1S/C18H22N2/c1-3-12(2)10-16(19)13-8-9-18-15(11-13)14-6-4-5-7-17(14)20-18/h4-9,11-12,16,20H,3,10,19H2,1-2H3. The van der Waals surface area contributed by atoms with Gasteiger partial charge in [-0.1, -0.05) is 44.5 Å². The fourth-order valence-electron chi connectivity index (χ4n) is 2.83. The van der Waals surface area contributed by atoms with Crippen molar-refractivity contribution in [1.82, 2.24) is 4.98 Å². The molecule has 104 valence electrons. The second-order valence-electron chi connectivity index (χ2n) is 5.83. The van der Waals surface area contributed by atoms with E-state index in [1.807, 2.05) is 0 Å². The van der Waals surface area contributed by atoms with Crippen molar-refractivity contribution in [3.05, 3.63) is 48.0 Å². The highest BCUT2D eigenvalue weighted by Gasteiger charge is 2.12. The van der Waals surface area contributed by atoms with Gasteiger partial charge in [0.2, 0.25) is 0 Å². The van der Waals surface area contributed by atoms with Gasteiger partial charge >= 0.3 is 0 Å². The van der Waals surface area contributed by atoms with E-state index >= 15 is 0 Å². The highest BCUT2D eigenvalue weighted by molar-refractivity contribution is 6.07. The van der Waals surface area contributed by atoms with Gasteiger partial charge in [0, 0.05) is 27.8 Å². The van der Waals surface area contributed by atoms with Gasteiger partial charge in [0.25, 0.3) is 0 Å². The number of fused-ring (bicyclic) bond motifs is 3. The Morgan fingerprint density at radius 3 is 2.60 bits per heavy atom. The van der Waals surface area contributed by atoms with Crippen LogP contribution in [0, 0.1) is 5.92 Å². The van der Waals surface area contributed by atoms with E-state index in [1.54, 1.807) is 0 Å². The van der Waals surface area contributed by atoms with E-state index in [0.717, 1.165) is 6.42 Å². The smallest absolute Gasteiger partial charge is 0.0465 e. The van der Waals surface area contributed by atoms with E-state index in [-0.39, 0.29) is 6.04 Å². The van der Waals surface area contributed by atoms with Crippen LogP contribution in [0.25, 0.3) is 21.8 Å². The quantitative estimate of drug-likeness (QED) is 0.702. The molecule has 2 unspecified atom stereocenters. The van der Waals surface area contributed by atoms with Crippen LogP contribution >= 0.6 is 0 Å². The summed E-state index contributed by atoms with van der Waals surface area (Å²) in [6.07, 6.45) is 2.23. The molecule has 0 amide bonds. The Morgan fingerprint density at radius 2 is 1.80 bits per heavy atom. The van der Waals surface area contributed by atoms with Crippen LogP contribution in [0.3, 0.4) is 0 Å². The molecule has 0 aliphatic rings. The number of aromatic amines is 1. The molecule has 0 radical (unpaired) electrons. The average Bonchev–Trinajstić information content (AvgIpc) is 2.84. The SMILES string of the molecule is CCC(C)CC(N)c1ccc2[nH]c3ccccc3c2c1. The Hall–Kier alpha value is -1.80. The molecule has 0 aliphatic carbocycles. The van der Waals surface area contributed by atoms with Crippen molar-refractivity contribution in [3.8, 4) is 0 Å². The van der Waals surface area contributed by atoms with Gasteiger partial charge < -0.3 is 10.7 Å². The van der Waals surface area contributed by atoms with Crippen molar-refractivity contribution in [1.29, 1.82) is 0 Å². The molecule has 2 atom stereocenters. The summed E-state index contributed by atoms with van der Waals surface area (Å²) in [6, 6.07) is 15.1. The first-order valence-corrected chi connectivity index (χ1v) is 7.45. The van der Waals surface area contributed by atoms with Crippen molar-refractivity contribution in [3.63, 3.8) is 0 Å². The monoisotopic (exact) mass is 266 g/mol. The largest absolute Gasteiger partial charge is 0.355 e. The van der Waals surface area contributed by atoms with E-state index in [2.05, 4.69) is 61.3 Å². The summed E-state index contributed by atoms with van der Waals surface area (Å²) in [4.78, 5) is 3.46. The third-order valence-electron chi connectivity index (χ3n) is 4.31. The normalized spacial score (nSPS) is 14.8. The van der Waals surface area contributed by atoms with Crippen molar-refractivity contribution < 1.29 is 0 Å². The minimum absolute atomic E-state index is 0.128. The van der Waals surface area contributed by atoms with Crippen molar-refractivity contribution in [2.24, 2.45) is 11.7 Å². The fourth-order valence-corrected chi connectivity index (χ4v) is 2.83. The molecule has 0 fully saturated rings. The molecule has 2 aromatic carbocycles. The lowest BCUT2D eigenvalue weighted by Crippen LogP contribution is -2.13. The second-order valence-corrected chi connectivity index (χ2v) is 5.83. The summed E-state index contributed by atoms with van der Waals surface area (Å²) in [6.45, 7) is 4.49. The Bertz CT molecular complexity index is 726. The number of rotatable bonds is 4. The molecule has 0 saturated heterocycles. The summed E-state index contributed by atoms with van der Waals surface area (Å²) in [5.41, 5.74) is 9.98. The predicted molar refractivity (Wildman–Crippen MR) is 86.8 cm³/mol. The summed E-state index contributed by atoms with van der Waals surface area (Å²) >= 11 is 0. The topological polar surface area (TPSA) is 41.8 Å². The summed E-state index contributed by atoms with van der Waals surface area (Å²) < 4.78 is 0. The third-order valence-corrected chi connectivity index (χ3v) is 4.31. The van der Waals surface area contributed by atoms with E-state index < -0.39 is 0 Å². The van der Waals surface area contributed by atoms with Gasteiger partial charge in [-0.2, -0.15) is 0 Å². The number of aromatic nitrogens is 1. The highest BCUT2D eigenvalue weighted by Crippen LogP contribution is 2.29. The molecule has 0 bridgehead atoms. The molecule has 1 heterocycles. The van der Waals surface area contributed by atoms with Gasteiger partial charge in [-0.15, -0.1) is 0 Å². The van der Waals surface area contributed by atoms with Crippen LogP contribution in [0.2, 0.25) is 0 Å². The maximum atomic E-state index is 6.37. The molecule has 2 heteroatoms. The van der Waals surface area contributed by atoms with Crippen LogP contribution in [-0.2, 0) is 0 Å². The Morgan fingerprint density at radius 1 is 1.05 bits per heavy atom. The first-order chi connectivity index (χ1) is 9.69. The summed E-state index contributed by atoms with van der Waals surface area (Å²) in [5.74, 6) is 0.670. The van der Waals surface area contributed by atoms with Gasteiger partial charge in [0.05, 0.1) is 0 Å². The fraction of sp³-hybridized carbons (Fsp3) is 0.333. The minimum Gasteiger partial charge on any atom is -0.355 e. The maximum Gasteiger partial charge on any atom is 0.0465 e. The molecule has 20 heavy (non-hydrogen) atoms. The molecule has 3 aromatic rings. The molecular weight excluding hydrogens is 244 g/mol.